The first-order valence-corrected chi connectivity index (χ1v) is 4.65. The standard InChI is InChI=1S/C9H10FIO/c1-5-4-7(10)9(12-3)6(2)8(5)11/h4H,1-3H3. The van der Waals surface area contributed by atoms with Gasteiger partial charge in [-0.05, 0) is 48.1 Å². The number of halogens is 2. The van der Waals surface area contributed by atoms with Crippen LogP contribution in [0.1, 0.15) is 11.1 Å². The molecule has 1 aromatic rings. The maximum Gasteiger partial charge on any atom is 0.165 e. The van der Waals surface area contributed by atoms with E-state index in [0.717, 1.165) is 14.7 Å². The zero-order valence-corrected chi connectivity index (χ0v) is 9.40. The second-order valence-electron chi connectivity index (χ2n) is 2.65. The quantitative estimate of drug-likeness (QED) is 0.718. The molecule has 12 heavy (non-hydrogen) atoms. The van der Waals surface area contributed by atoms with Crippen LogP contribution in [-0.4, -0.2) is 7.11 Å². The van der Waals surface area contributed by atoms with Crippen LogP contribution in [0, 0.1) is 23.2 Å². The van der Waals surface area contributed by atoms with Crippen molar-refractivity contribution in [3.63, 3.8) is 0 Å². The molecule has 0 aliphatic rings. The second kappa shape index (κ2) is 3.60. The van der Waals surface area contributed by atoms with Crippen LogP contribution in [0.25, 0.3) is 0 Å². The summed E-state index contributed by atoms with van der Waals surface area (Å²) in [7, 11) is 1.48. The highest BCUT2D eigenvalue weighted by molar-refractivity contribution is 14.1. The number of rotatable bonds is 1. The molecule has 0 saturated carbocycles. The Bertz CT molecular complexity index is 310. The van der Waals surface area contributed by atoms with Gasteiger partial charge in [-0.1, -0.05) is 0 Å². The Labute approximate surface area is 85.1 Å². The van der Waals surface area contributed by atoms with Gasteiger partial charge in [0.25, 0.3) is 0 Å². The number of hydrogen-bond acceptors (Lipinski definition) is 1. The minimum absolute atomic E-state index is 0.284. The minimum Gasteiger partial charge on any atom is -0.493 e. The van der Waals surface area contributed by atoms with Crippen molar-refractivity contribution < 1.29 is 9.13 Å². The SMILES string of the molecule is COc1c(F)cc(C)c(I)c1C. The van der Waals surface area contributed by atoms with E-state index < -0.39 is 0 Å². The fraction of sp³-hybridized carbons (Fsp3) is 0.333. The highest BCUT2D eigenvalue weighted by Gasteiger charge is 2.11. The zero-order valence-electron chi connectivity index (χ0n) is 7.24. The van der Waals surface area contributed by atoms with E-state index in [0.29, 0.717) is 5.75 Å². The maximum atomic E-state index is 13.2. The molecule has 0 unspecified atom stereocenters. The number of ether oxygens (including phenoxy) is 1. The molecule has 0 aliphatic carbocycles. The van der Waals surface area contributed by atoms with Crippen molar-refractivity contribution >= 4 is 22.6 Å². The molecule has 1 rings (SSSR count). The van der Waals surface area contributed by atoms with Gasteiger partial charge in [0, 0.05) is 9.13 Å². The summed E-state index contributed by atoms with van der Waals surface area (Å²) in [6.45, 7) is 3.74. The molecule has 1 nitrogen and oxygen atoms in total. The summed E-state index contributed by atoms with van der Waals surface area (Å²) < 4.78 is 19.2. The van der Waals surface area contributed by atoms with Gasteiger partial charge in [-0.2, -0.15) is 0 Å². The van der Waals surface area contributed by atoms with Crippen molar-refractivity contribution in [3.05, 3.63) is 26.6 Å². The van der Waals surface area contributed by atoms with Gasteiger partial charge in [-0.15, -0.1) is 0 Å². The summed E-state index contributed by atoms with van der Waals surface area (Å²) >= 11 is 2.19. The summed E-state index contributed by atoms with van der Waals surface area (Å²) in [5.41, 5.74) is 1.82. The molecule has 0 aromatic heterocycles. The smallest absolute Gasteiger partial charge is 0.165 e. The van der Waals surface area contributed by atoms with Crippen molar-refractivity contribution in [2.45, 2.75) is 13.8 Å². The normalized spacial score (nSPS) is 10.1. The molecular formula is C9H10FIO. The van der Waals surface area contributed by atoms with Crippen LogP contribution >= 0.6 is 22.6 Å². The van der Waals surface area contributed by atoms with Crippen LogP contribution in [0.2, 0.25) is 0 Å². The lowest BCUT2D eigenvalue weighted by molar-refractivity contribution is 0.382. The predicted molar refractivity (Wildman–Crippen MR) is 55.1 cm³/mol. The Morgan fingerprint density at radius 1 is 1.42 bits per heavy atom. The highest BCUT2D eigenvalue weighted by Crippen LogP contribution is 2.28. The molecule has 0 heterocycles. The third-order valence-corrected chi connectivity index (χ3v) is 3.44. The molecule has 0 saturated heterocycles. The van der Waals surface area contributed by atoms with Crippen molar-refractivity contribution in [1.29, 1.82) is 0 Å². The Hall–Kier alpha value is -0.320. The fourth-order valence-electron chi connectivity index (χ4n) is 1.14. The van der Waals surface area contributed by atoms with E-state index in [9.17, 15) is 4.39 Å². The lowest BCUT2D eigenvalue weighted by Gasteiger charge is -2.09. The first kappa shape index (κ1) is 9.77. The third kappa shape index (κ3) is 1.55. The van der Waals surface area contributed by atoms with Crippen molar-refractivity contribution in [2.75, 3.05) is 7.11 Å². The first-order chi connectivity index (χ1) is 5.57. The minimum atomic E-state index is -0.284. The van der Waals surface area contributed by atoms with Crippen LogP contribution < -0.4 is 4.74 Å². The van der Waals surface area contributed by atoms with E-state index in [-0.39, 0.29) is 5.82 Å². The number of aryl methyl sites for hydroxylation is 1. The Balaban J connectivity index is 3.40. The van der Waals surface area contributed by atoms with Gasteiger partial charge in [-0.25, -0.2) is 4.39 Å². The summed E-state index contributed by atoms with van der Waals surface area (Å²) in [6.07, 6.45) is 0. The van der Waals surface area contributed by atoms with E-state index in [1.165, 1.54) is 13.2 Å². The van der Waals surface area contributed by atoms with Gasteiger partial charge in [0.05, 0.1) is 7.11 Å². The van der Waals surface area contributed by atoms with E-state index in [2.05, 4.69) is 22.6 Å². The lowest BCUT2D eigenvalue weighted by atomic mass is 10.1. The van der Waals surface area contributed by atoms with Gasteiger partial charge >= 0.3 is 0 Å². The molecule has 0 atom stereocenters. The molecule has 0 N–H and O–H groups in total. The van der Waals surface area contributed by atoms with Crippen molar-refractivity contribution in [1.82, 2.24) is 0 Å². The monoisotopic (exact) mass is 280 g/mol. The first-order valence-electron chi connectivity index (χ1n) is 3.57. The summed E-state index contributed by atoms with van der Waals surface area (Å²) in [6, 6.07) is 1.49. The second-order valence-corrected chi connectivity index (χ2v) is 3.73. The Morgan fingerprint density at radius 3 is 2.50 bits per heavy atom. The highest BCUT2D eigenvalue weighted by atomic mass is 127. The molecule has 0 fully saturated rings. The lowest BCUT2D eigenvalue weighted by Crippen LogP contribution is -1.96. The summed E-state index contributed by atoms with van der Waals surface area (Å²) in [5, 5.41) is 0. The molecule has 0 bridgehead atoms. The largest absolute Gasteiger partial charge is 0.493 e. The topological polar surface area (TPSA) is 9.23 Å². The number of methoxy groups -OCH3 is 1. The average molecular weight is 280 g/mol. The van der Waals surface area contributed by atoms with Gasteiger partial charge in [0.15, 0.2) is 11.6 Å². The van der Waals surface area contributed by atoms with Crippen LogP contribution in [0.15, 0.2) is 6.07 Å². The van der Waals surface area contributed by atoms with E-state index >= 15 is 0 Å². The Morgan fingerprint density at radius 2 is 2.00 bits per heavy atom. The number of benzene rings is 1. The molecule has 0 amide bonds. The third-order valence-electron chi connectivity index (χ3n) is 1.78. The molecule has 0 spiro atoms. The number of hydrogen-bond donors (Lipinski definition) is 0. The van der Waals surface area contributed by atoms with Crippen molar-refractivity contribution in [3.8, 4) is 5.75 Å². The van der Waals surface area contributed by atoms with E-state index in [1.807, 2.05) is 13.8 Å². The van der Waals surface area contributed by atoms with E-state index in [4.69, 9.17) is 4.74 Å². The van der Waals surface area contributed by atoms with Crippen LogP contribution in [0.5, 0.6) is 5.75 Å². The van der Waals surface area contributed by atoms with Crippen LogP contribution in [-0.2, 0) is 0 Å². The predicted octanol–water partition coefficient (Wildman–Crippen LogP) is 3.06. The summed E-state index contributed by atoms with van der Waals surface area (Å²) in [5.74, 6) is 0.0675. The molecule has 66 valence electrons. The Kier molecular flexibility index (Phi) is 2.93. The maximum absolute atomic E-state index is 13.2. The van der Waals surface area contributed by atoms with Gasteiger partial charge < -0.3 is 4.74 Å². The summed E-state index contributed by atoms with van der Waals surface area (Å²) in [4.78, 5) is 0. The van der Waals surface area contributed by atoms with Crippen LogP contribution in [0.3, 0.4) is 0 Å². The molecule has 3 heteroatoms. The van der Waals surface area contributed by atoms with E-state index in [1.54, 1.807) is 0 Å². The average Bonchev–Trinajstić information content (AvgIpc) is 2.01. The molecule has 0 aliphatic heterocycles. The fourth-order valence-corrected chi connectivity index (χ4v) is 1.54. The van der Waals surface area contributed by atoms with Gasteiger partial charge in [0.2, 0.25) is 0 Å². The van der Waals surface area contributed by atoms with Crippen molar-refractivity contribution in [2.24, 2.45) is 0 Å². The molecule has 0 radical (unpaired) electrons. The van der Waals surface area contributed by atoms with Gasteiger partial charge in [0.1, 0.15) is 0 Å². The van der Waals surface area contributed by atoms with Gasteiger partial charge in [-0.3, -0.25) is 0 Å². The van der Waals surface area contributed by atoms with Crippen LogP contribution in [0.4, 0.5) is 4.39 Å². The zero-order chi connectivity index (χ0) is 9.30. The molecular weight excluding hydrogens is 270 g/mol. The molecule has 1 aromatic carbocycles.